The second kappa shape index (κ2) is 10.9. The fourth-order valence-electron chi connectivity index (χ4n) is 2.61. The molecule has 0 heterocycles. The number of anilines is 1. The molecule has 0 bridgehead atoms. The van der Waals surface area contributed by atoms with E-state index in [1.807, 2.05) is 20.8 Å². The molecule has 6 nitrogen and oxygen atoms in total. The predicted molar refractivity (Wildman–Crippen MR) is 106 cm³/mol. The molecular weight excluding hydrogens is 346 g/mol. The summed E-state index contributed by atoms with van der Waals surface area (Å²) in [6.45, 7) is 10.7. The predicted octanol–water partition coefficient (Wildman–Crippen LogP) is 4.43. The van der Waals surface area contributed by atoms with Crippen LogP contribution in [0.4, 0.5) is 5.69 Å². The van der Waals surface area contributed by atoms with Crippen molar-refractivity contribution in [2.24, 2.45) is 5.92 Å². The lowest BCUT2D eigenvalue weighted by Gasteiger charge is -2.28. The average molecular weight is 379 g/mol. The molecule has 0 spiro atoms. The van der Waals surface area contributed by atoms with Gasteiger partial charge in [-0.15, -0.1) is 0 Å². The topological polar surface area (TPSA) is 73.9 Å². The quantitative estimate of drug-likeness (QED) is 0.576. The van der Waals surface area contributed by atoms with Crippen molar-refractivity contribution in [2.45, 2.75) is 59.5 Å². The van der Waals surface area contributed by atoms with E-state index < -0.39 is 11.6 Å². The number of ether oxygens (including phenoxy) is 3. The van der Waals surface area contributed by atoms with Gasteiger partial charge in [0.2, 0.25) is 0 Å². The highest BCUT2D eigenvalue weighted by Gasteiger charge is 2.33. The highest BCUT2D eigenvalue weighted by atomic mass is 16.5. The van der Waals surface area contributed by atoms with Crippen molar-refractivity contribution in [1.82, 2.24) is 0 Å². The van der Waals surface area contributed by atoms with E-state index in [4.69, 9.17) is 14.2 Å². The third-order valence-electron chi connectivity index (χ3n) is 4.17. The van der Waals surface area contributed by atoms with E-state index in [0.717, 1.165) is 12.8 Å². The van der Waals surface area contributed by atoms with Gasteiger partial charge in [-0.2, -0.15) is 0 Å². The summed E-state index contributed by atoms with van der Waals surface area (Å²) in [5.41, 5.74) is -0.134. The molecule has 0 radical (unpaired) electrons. The van der Waals surface area contributed by atoms with Gasteiger partial charge in [0.25, 0.3) is 5.91 Å². The monoisotopic (exact) mass is 379 g/mol. The summed E-state index contributed by atoms with van der Waals surface area (Å²) in [5, 5.41) is 2.86. The molecule has 1 N–H and O–H groups in total. The Morgan fingerprint density at radius 1 is 1.22 bits per heavy atom. The van der Waals surface area contributed by atoms with Crippen LogP contribution in [0.1, 0.15) is 64.2 Å². The number of rotatable bonds is 11. The maximum absolute atomic E-state index is 12.8. The summed E-state index contributed by atoms with van der Waals surface area (Å²) in [5.74, 6) is 0.0142. The van der Waals surface area contributed by atoms with Gasteiger partial charge in [-0.25, -0.2) is 4.79 Å². The Morgan fingerprint density at radius 3 is 2.48 bits per heavy atom. The van der Waals surface area contributed by atoms with E-state index in [1.165, 1.54) is 7.11 Å². The number of hydrogen-bond donors (Lipinski definition) is 1. The first-order chi connectivity index (χ1) is 12.8. The Hall–Kier alpha value is -2.08. The fraction of sp³-hybridized carbons (Fsp3) is 0.619. The lowest BCUT2D eigenvalue weighted by atomic mass is 9.97. The minimum absolute atomic E-state index is 0.232. The standard InChI is InChI=1S/C21H33NO5/c1-7-9-12-21(5,27-8-2)20(24)22-16-10-11-18(26-14-15(3)4)17(13-16)19(23)25-6/h10-11,13,15H,7-9,12,14H2,1-6H3,(H,22,24). The van der Waals surface area contributed by atoms with E-state index in [9.17, 15) is 9.59 Å². The first-order valence-corrected chi connectivity index (χ1v) is 9.57. The van der Waals surface area contributed by atoms with E-state index in [1.54, 1.807) is 25.1 Å². The van der Waals surface area contributed by atoms with Gasteiger partial charge in [0, 0.05) is 12.3 Å². The molecule has 1 unspecified atom stereocenters. The van der Waals surface area contributed by atoms with Gasteiger partial charge < -0.3 is 19.5 Å². The van der Waals surface area contributed by atoms with E-state index >= 15 is 0 Å². The summed E-state index contributed by atoms with van der Waals surface area (Å²) in [7, 11) is 1.32. The van der Waals surface area contributed by atoms with Crippen molar-refractivity contribution in [2.75, 3.05) is 25.6 Å². The van der Waals surface area contributed by atoms with Crippen LogP contribution in [-0.2, 0) is 14.3 Å². The lowest BCUT2D eigenvalue weighted by Crippen LogP contribution is -2.42. The fourth-order valence-corrected chi connectivity index (χ4v) is 2.61. The highest BCUT2D eigenvalue weighted by Crippen LogP contribution is 2.26. The van der Waals surface area contributed by atoms with E-state index in [-0.39, 0.29) is 11.5 Å². The number of benzene rings is 1. The Bertz CT molecular complexity index is 629. The zero-order valence-electron chi connectivity index (χ0n) is 17.4. The smallest absolute Gasteiger partial charge is 0.341 e. The largest absolute Gasteiger partial charge is 0.492 e. The van der Waals surface area contributed by atoms with Crippen LogP contribution in [0.15, 0.2) is 18.2 Å². The molecular formula is C21H33NO5. The Morgan fingerprint density at radius 2 is 1.93 bits per heavy atom. The first-order valence-electron chi connectivity index (χ1n) is 9.57. The van der Waals surface area contributed by atoms with Gasteiger partial charge in [-0.1, -0.05) is 33.6 Å². The molecule has 0 saturated carbocycles. The highest BCUT2D eigenvalue weighted by molar-refractivity contribution is 5.99. The second-order valence-electron chi connectivity index (χ2n) is 7.13. The molecule has 1 rings (SSSR count). The molecule has 152 valence electrons. The zero-order valence-corrected chi connectivity index (χ0v) is 17.4. The molecule has 27 heavy (non-hydrogen) atoms. The SMILES string of the molecule is CCCCC(C)(OCC)C(=O)Nc1ccc(OCC(C)C)c(C(=O)OC)c1. The van der Waals surface area contributed by atoms with Gasteiger partial charge in [0.05, 0.1) is 13.7 Å². The zero-order chi connectivity index (χ0) is 20.4. The van der Waals surface area contributed by atoms with Crippen LogP contribution in [0.5, 0.6) is 5.75 Å². The minimum atomic E-state index is -0.914. The van der Waals surface area contributed by atoms with Gasteiger partial charge in [-0.05, 0) is 44.4 Å². The minimum Gasteiger partial charge on any atom is -0.492 e. The molecule has 1 amide bonds. The summed E-state index contributed by atoms with van der Waals surface area (Å²) in [4.78, 5) is 24.9. The summed E-state index contributed by atoms with van der Waals surface area (Å²) in [6.07, 6.45) is 2.49. The van der Waals surface area contributed by atoms with Crippen molar-refractivity contribution >= 4 is 17.6 Å². The van der Waals surface area contributed by atoms with Crippen LogP contribution in [-0.4, -0.2) is 37.8 Å². The van der Waals surface area contributed by atoms with Crippen LogP contribution in [0.2, 0.25) is 0 Å². The molecule has 1 atom stereocenters. The molecule has 0 aromatic heterocycles. The Balaban J connectivity index is 3.04. The van der Waals surface area contributed by atoms with Crippen molar-refractivity contribution in [3.63, 3.8) is 0 Å². The Kier molecular flexibility index (Phi) is 9.29. The molecule has 0 fully saturated rings. The van der Waals surface area contributed by atoms with Crippen LogP contribution in [0.3, 0.4) is 0 Å². The van der Waals surface area contributed by atoms with Crippen molar-refractivity contribution in [3.05, 3.63) is 23.8 Å². The maximum Gasteiger partial charge on any atom is 0.341 e. The molecule has 0 aliphatic heterocycles. The number of methoxy groups -OCH3 is 1. The van der Waals surface area contributed by atoms with Gasteiger partial charge in [-0.3, -0.25) is 4.79 Å². The third-order valence-corrected chi connectivity index (χ3v) is 4.17. The van der Waals surface area contributed by atoms with E-state index in [0.29, 0.717) is 37.0 Å². The molecule has 0 saturated heterocycles. The number of unbranched alkanes of at least 4 members (excludes halogenated alkanes) is 1. The first kappa shape index (κ1) is 23.0. The number of nitrogens with one attached hydrogen (secondary N) is 1. The molecule has 1 aromatic rings. The summed E-state index contributed by atoms with van der Waals surface area (Å²) >= 11 is 0. The number of carbonyl (C=O) groups excluding carboxylic acids is 2. The maximum atomic E-state index is 12.8. The third kappa shape index (κ3) is 6.86. The van der Waals surface area contributed by atoms with Gasteiger partial charge in [0.15, 0.2) is 0 Å². The lowest BCUT2D eigenvalue weighted by molar-refractivity contribution is -0.139. The molecule has 6 heteroatoms. The van der Waals surface area contributed by atoms with Gasteiger partial charge in [0.1, 0.15) is 16.9 Å². The molecule has 1 aromatic carbocycles. The van der Waals surface area contributed by atoms with Crippen LogP contribution in [0.25, 0.3) is 0 Å². The normalized spacial score (nSPS) is 13.1. The number of carbonyl (C=O) groups is 2. The van der Waals surface area contributed by atoms with Crippen LogP contribution >= 0.6 is 0 Å². The van der Waals surface area contributed by atoms with Crippen LogP contribution < -0.4 is 10.1 Å². The number of amides is 1. The summed E-state index contributed by atoms with van der Waals surface area (Å²) < 4.78 is 16.3. The van der Waals surface area contributed by atoms with Crippen molar-refractivity contribution in [1.29, 1.82) is 0 Å². The number of esters is 1. The number of hydrogen-bond acceptors (Lipinski definition) is 5. The van der Waals surface area contributed by atoms with E-state index in [2.05, 4.69) is 12.2 Å². The molecule has 0 aliphatic carbocycles. The Labute approximate surface area is 162 Å². The van der Waals surface area contributed by atoms with Gasteiger partial charge >= 0.3 is 5.97 Å². The van der Waals surface area contributed by atoms with Crippen LogP contribution in [0, 0.1) is 5.92 Å². The summed E-state index contributed by atoms with van der Waals surface area (Å²) in [6, 6.07) is 4.96. The molecule has 0 aliphatic rings. The second-order valence-corrected chi connectivity index (χ2v) is 7.13. The van der Waals surface area contributed by atoms with Crippen molar-refractivity contribution < 1.29 is 23.8 Å². The van der Waals surface area contributed by atoms with Crippen molar-refractivity contribution in [3.8, 4) is 5.75 Å². The average Bonchev–Trinajstić information content (AvgIpc) is 2.64.